The van der Waals surface area contributed by atoms with E-state index in [0.717, 1.165) is 48.3 Å². The molecule has 0 bridgehead atoms. The molecule has 0 aromatic carbocycles. The van der Waals surface area contributed by atoms with Crippen LogP contribution in [0.5, 0.6) is 0 Å². The first-order chi connectivity index (χ1) is 15.1. The van der Waals surface area contributed by atoms with Gasteiger partial charge in [0.2, 0.25) is 0 Å². The minimum Gasteiger partial charge on any atom is -0.462 e. The van der Waals surface area contributed by atoms with E-state index in [1.165, 1.54) is 57.8 Å². The van der Waals surface area contributed by atoms with Crippen molar-refractivity contribution in [2.75, 3.05) is 0 Å². The Balaban J connectivity index is 1.30. The fourth-order valence-corrected chi connectivity index (χ4v) is 10.00. The van der Waals surface area contributed by atoms with Gasteiger partial charge in [0.25, 0.3) is 0 Å². The number of carbonyl (C=O) groups excluding carboxylic acids is 1. The molecule has 4 aliphatic carbocycles. The van der Waals surface area contributed by atoms with E-state index < -0.39 is 0 Å². The zero-order chi connectivity index (χ0) is 22.9. The van der Waals surface area contributed by atoms with Crippen molar-refractivity contribution in [2.24, 2.45) is 46.3 Å². The summed E-state index contributed by atoms with van der Waals surface area (Å²) in [7, 11) is 0. The summed E-state index contributed by atoms with van der Waals surface area (Å²) in [5.74, 6) is 5.03. The van der Waals surface area contributed by atoms with Gasteiger partial charge in [0.1, 0.15) is 11.7 Å². The van der Waals surface area contributed by atoms with E-state index >= 15 is 0 Å². The number of esters is 1. The summed E-state index contributed by atoms with van der Waals surface area (Å²) < 4.78 is 12.3. The van der Waals surface area contributed by atoms with Crippen molar-refractivity contribution in [2.45, 2.75) is 130 Å². The summed E-state index contributed by atoms with van der Waals surface area (Å²) in [6.07, 6.45) is 14.8. The Morgan fingerprint density at radius 2 is 1.81 bits per heavy atom. The van der Waals surface area contributed by atoms with Crippen LogP contribution in [-0.4, -0.2) is 23.8 Å². The average Bonchev–Trinajstić information content (AvgIpc) is 3.28. The lowest BCUT2D eigenvalue weighted by Crippen LogP contribution is -2.59. The van der Waals surface area contributed by atoms with Gasteiger partial charge in [-0.25, -0.2) is 0 Å². The molecule has 0 amide bonds. The Morgan fingerprint density at radius 1 is 1.03 bits per heavy atom. The van der Waals surface area contributed by atoms with Crippen LogP contribution in [0.3, 0.4) is 0 Å². The largest absolute Gasteiger partial charge is 0.462 e. The average molecular weight is 445 g/mol. The van der Waals surface area contributed by atoms with Crippen LogP contribution in [-0.2, 0) is 14.3 Å². The SMILES string of the molecule is CC(=O)OC1CC[C@]2(C)C3CC[C@@]4(C)C(CC[C@@H]4[C@H](C)CCCC(C)C)C3CC3OC32C1. The van der Waals surface area contributed by atoms with Crippen LogP contribution in [0.15, 0.2) is 0 Å². The van der Waals surface area contributed by atoms with Crippen molar-refractivity contribution in [1.29, 1.82) is 0 Å². The summed E-state index contributed by atoms with van der Waals surface area (Å²) in [6.45, 7) is 14.1. The predicted octanol–water partition coefficient (Wildman–Crippen LogP) is 7.17. The van der Waals surface area contributed by atoms with Gasteiger partial charge in [-0.15, -0.1) is 0 Å². The second-order valence-corrected chi connectivity index (χ2v) is 13.5. The Morgan fingerprint density at radius 3 is 2.53 bits per heavy atom. The number of hydrogen-bond donors (Lipinski definition) is 0. The minimum atomic E-state index is -0.131. The number of epoxide rings is 1. The van der Waals surface area contributed by atoms with Gasteiger partial charge in [-0.1, -0.05) is 53.9 Å². The molecule has 6 unspecified atom stereocenters. The zero-order valence-corrected chi connectivity index (χ0v) is 21.6. The Bertz CT molecular complexity index is 732. The van der Waals surface area contributed by atoms with Gasteiger partial charge in [0, 0.05) is 18.8 Å². The van der Waals surface area contributed by atoms with Gasteiger partial charge in [-0.05, 0) is 85.9 Å². The van der Waals surface area contributed by atoms with Crippen LogP contribution >= 0.6 is 0 Å². The zero-order valence-electron chi connectivity index (χ0n) is 21.6. The van der Waals surface area contributed by atoms with Gasteiger partial charge in [0.15, 0.2) is 0 Å². The maximum absolute atomic E-state index is 11.6. The van der Waals surface area contributed by atoms with Crippen molar-refractivity contribution >= 4 is 5.97 Å². The quantitative estimate of drug-likeness (QED) is 0.322. The predicted molar refractivity (Wildman–Crippen MR) is 128 cm³/mol. The second kappa shape index (κ2) is 7.99. The molecule has 0 aromatic heterocycles. The van der Waals surface area contributed by atoms with Crippen LogP contribution in [0.4, 0.5) is 0 Å². The molecule has 10 atom stereocenters. The van der Waals surface area contributed by atoms with Crippen LogP contribution in [0, 0.1) is 46.3 Å². The van der Waals surface area contributed by atoms with Crippen molar-refractivity contribution in [3.8, 4) is 0 Å². The van der Waals surface area contributed by atoms with E-state index in [2.05, 4.69) is 34.6 Å². The van der Waals surface area contributed by atoms with E-state index in [4.69, 9.17) is 9.47 Å². The maximum Gasteiger partial charge on any atom is 0.302 e. The molecule has 4 saturated carbocycles. The third kappa shape index (κ3) is 3.42. The Hall–Kier alpha value is -0.570. The van der Waals surface area contributed by atoms with Crippen LogP contribution < -0.4 is 0 Å². The second-order valence-electron chi connectivity index (χ2n) is 13.5. The number of fused-ring (bicyclic) bond motifs is 4. The topological polar surface area (TPSA) is 38.8 Å². The summed E-state index contributed by atoms with van der Waals surface area (Å²) in [6, 6.07) is 0. The smallest absolute Gasteiger partial charge is 0.302 e. The highest BCUT2D eigenvalue weighted by molar-refractivity contribution is 5.66. The molecular formula is C29H48O3. The number of rotatable bonds is 6. The van der Waals surface area contributed by atoms with E-state index in [1.54, 1.807) is 6.92 Å². The van der Waals surface area contributed by atoms with E-state index in [9.17, 15) is 4.79 Å². The molecule has 182 valence electrons. The first-order valence-corrected chi connectivity index (χ1v) is 14.0. The molecule has 1 spiro atoms. The lowest BCUT2D eigenvalue weighted by molar-refractivity contribution is -0.157. The Kier molecular flexibility index (Phi) is 5.79. The lowest BCUT2D eigenvalue weighted by atomic mass is 9.44. The van der Waals surface area contributed by atoms with Gasteiger partial charge in [-0.3, -0.25) is 4.79 Å². The van der Waals surface area contributed by atoms with Gasteiger partial charge < -0.3 is 9.47 Å². The third-order valence-electron chi connectivity index (χ3n) is 11.6. The molecule has 0 radical (unpaired) electrons. The normalized spacial score (nSPS) is 50.1. The molecule has 0 aromatic rings. The molecular weight excluding hydrogens is 396 g/mol. The van der Waals surface area contributed by atoms with E-state index in [-0.39, 0.29) is 23.1 Å². The molecule has 3 heteroatoms. The third-order valence-corrected chi connectivity index (χ3v) is 11.6. The number of carbonyl (C=O) groups is 1. The molecule has 3 nitrogen and oxygen atoms in total. The standard InChI is InChI=1S/C29H48O3/c1-18(2)8-7-9-19(3)23-10-11-24-22-16-26-29(32-26)17-21(31-20(4)30)12-15-28(29,6)25(22)13-14-27(23,24)5/h18-19,21-26H,7-17H2,1-6H3/t19-,21?,22?,23-,24?,25?,26?,27-,28-,29?/m1/s1. The summed E-state index contributed by atoms with van der Waals surface area (Å²) in [4.78, 5) is 11.6. The minimum absolute atomic E-state index is 0.00240. The highest BCUT2D eigenvalue weighted by Crippen LogP contribution is 2.74. The fourth-order valence-electron chi connectivity index (χ4n) is 10.00. The van der Waals surface area contributed by atoms with Crippen molar-refractivity contribution in [3.63, 3.8) is 0 Å². The molecule has 5 aliphatic rings. The summed E-state index contributed by atoms with van der Waals surface area (Å²) in [5, 5.41) is 0. The van der Waals surface area contributed by atoms with E-state index in [0.29, 0.717) is 11.5 Å². The number of hydrogen-bond acceptors (Lipinski definition) is 3. The molecule has 1 saturated heterocycles. The van der Waals surface area contributed by atoms with Crippen molar-refractivity contribution in [1.82, 2.24) is 0 Å². The lowest BCUT2D eigenvalue weighted by Gasteiger charge is -2.59. The highest BCUT2D eigenvalue weighted by atomic mass is 16.6. The first kappa shape index (κ1) is 23.2. The highest BCUT2D eigenvalue weighted by Gasteiger charge is 2.76. The van der Waals surface area contributed by atoms with Crippen molar-refractivity contribution < 1.29 is 14.3 Å². The number of ether oxygens (including phenoxy) is 2. The van der Waals surface area contributed by atoms with Crippen LogP contribution in [0.1, 0.15) is 112 Å². The molecule has 0 N–H and O–H groups in total. The fraction of sp³-hybridized carbons (Fsp3) is 0.966. The monoisotopic (exact) mass is 444 g/mol. The molecule has 5 rings (SSSR count). The first-order valence-electron chi connectivity index (χ1n) is 14.0. The maximum atomic E-state index is 11.6. The summed E-state index contributed by atoms with van der Waals surface area (Å²) in [5.41, 5.74) is 0.820. The summed E-state index contributed by atoms with van der Waals surface area (Å²) >= 11 is 0. The molecule has 32 heavy (non-hydrogen) atoms. The van der Waals surface area contributed by atoms with Crippen LogP contribution in [0.25, 0.3) is 0 Å². The Labute approximate surface area is 196 Å². The van der Waals surface area contributed by atoms with Gasteiger partial charge >= 0.3 is 5.97 Å². The molecule has 5 fully saturated rings. The van der Waals surface area contributed by atoms with Gasteiger partial charge in [-0.2, -0.15) is 0 Å². The molecule has 1 aliphatic heterocycles. The molecule has 1 heterocycles. The van der Waals surface area contributed by atoms with Crippen LogP contribution in [0.2, 0.25) is 0 Å². The van der Waals surface area contributed by atoms with Gasteiger partial charge in [0.05, 0.1) is 6.10 Å². The van der Waals surface area contributed by atoms with Crippen molar-refractivity contribution in [3.05, 3.63) is 0 Å². The van der Waals surface area contributed by atoms with E-state index in [1.807, 2.05) is 0 Å².